The summed E-state index contributed by atoms with van der Waals surface area (Å²) in [6.07, 6.45) is 2.19. The van der Waals surface area contributed by atoms with Gasteiger partial charge in [0.25, 0.3) is 11.8 Å². The molecule has 0 bridgehead atoms. The average molecular weight is 660 g/mol. The second kappa shape index (κ2) is 18.3. The highest BCUT2D eigenvalue weighted by Crippen LogP contribution is 2.23. The van der Waals surface area contributed by atoms with Crippen LogP contribution in [0, 0.1) is 18.4 Å². The molecule has 1 aliphatic heterocycles. The Balaban J connectivity index is 1.38. The molecule has 11 heteroatoms. The van der Waals surface area contributed by atoms with Gasteiger partial charge in [-0.25, -0.2) is 4.85 Å². The predicted octanol–water partition coefficient (Wildman–Crippen LogP) is 5.43. The number of rotatable bonds is 19. The van der Waals surface area contributed by atoms with Crippen molar-refractivity contribution >= 4 is 40.9 Å². The van der Waals surface area contributed by atoms with Crippen molar-refractivity contribution in [3.63, 3.8) is 0 Å². The topological polar surface area (TPSA) is 141 Å². The van der Waals surface area contributed by atoms with Crippen molar-refractivity contribution in [2.45, 2.75) is 85.3 Å². The monoisotopic (exact) mass is 659 g/mol. The van der Waals surface area contributed by atoms with Gasteiger partial charge in [-0.1, -0.05) is 63.6 Å². The van der Waals surface area contributed by atoms with E-state index in [4.69, 9.17) is 17.4 Å². The zero-order chi connectivity index (χ0) is 36.1. The Labute approximate surface area is 282 Å². The van der Waals surface area contributed by atoms with E-state index in [1.54, 1.807) is 55.5 Å². The number of hydrogen-bond acceptors (Lipinski definition) is 8. The van der Waals surface area contributed by atoms with Crippen LogP contribution < -0.4 is 10.1 Å². The first-order chi connectivity index (χ1) is 23.3. The number of Topliss-reactive ketones (excluding diaryl/α,β-unsaturated/α-hetero) is 2. The second-order valence-corrected chi connectivity index (χ2v) is 12.0. The van der Waals surface area contributed by atoms with Crippen molar-refractivity contribution in [1.29, 1.82) is 0 Å². The van der Waals surface area contributed by atoms with Crippen LogP contribution >= 0.6 is 0 Å². The molecule has 11 nitrogen and oxygen atoms in total. The van der Waals surface area contributed by atoms with Gasteiger partial charge < -0.3 is 14.8 Å². The maximum absolute atomic E-state index is 13.1. The molecule has 1 aliphatic rings. The number of benzene rings is 2. The minimum Gasteiger partial charge on any atom is -0.461 e. The molecule has 3 atom stereocenters. The highest BCUT2D eigenvalue weighted by atomic mass is 16.5. The summed E-state index contributed by atoms with van der Waals surface area (Å²) >= 11 is 0. The normalized spacial score (nSPS) is 14.8. The highest BCUT2D eigenvalue weighted by molar-refractivity contribution is 6.15. The Morgan fingerprint density at radius 2 is 1.62 bits per heavy atom. The summed E-state index contributed by atoms with van der Waals surface area (Å²) in [4.78, 5) is 79.7. The number of hydrogen-bond donors (Lipinski definition) is 1. The van der Waals surface area contributed by atoms with E-state index in [2.05, 4.69) is 10.2 Å². The Morgan fingerprint density at radius 1 is 0.958 bits per heavy atom. The van der Waals surface area contributed by atoms with Crippen molar-refractivity contribution in [1.82, 2.24) is 10.2 Å². The lowest BCUT2D eigenvalue weighted by Crippen LogP contribution is -2.44. The van der Waals surface area contributed by atoms with Crippen LogP contribution in [-0.2, 0) is 46.5 Å². The Hall–Kier alpha value is -5.11. The standard InChI is InChI=1S/C37H43N3O8/c1-6-35(44)47-23-27-13-11-26(12-14-27)20-32(42)25(4)39-36(45)31(24(2)3)21-29(41)10-8-7-9-19-40-34(43)22-33(37(40)46)48-30-17-15-28(38-5)16-18-30/h11-18,22,24-25,31H,6-10,19-21,23H2,1-4H3,(H,39,45)/t25-,31-/m0/s1/i6T/t6?,25-,31-. The molecular formula is C37H43N3O8. The third-order valence-corrected chi connectivity index (χ3v) is 7.96. The van der Waals surface area contributed by atoms with Gasteiger partial charge in [-0.05, 0) is 48.9 Å². The molecule has 3 amide bonds. The number of imide groups is 1. The minimum atomic E-state index is -0.960. The minimum absolute atomic E-state index is 0.0382. The maximum Gasteiger partial charge on any atom is 0.305 e. The number of unbranched alkanes of at least 4 members (excludes halogenated alkanes) is 2. The van der Waals surface area contributed by atoms with E-state index in [0.717, 1.165) is 22.1 Å². The van der Waals surface area contributed by atoms with E-state index < -0.39 is 36.1 Å². The molecule has 48 heavy (non-hydrogen) atoms. The summed E-state index contributed by atoms with van der Waals surface area (Å²) < 4.78 is 17.9. The van der Waals surface area contributed by atoms with Gasteiger partial charge in [-0.2, -0.15) is 0 Å². The fourth-order valence-electron chi connectivity index (χ4n) is 4.98. The number of nitrogens with one attached hydrogen (secondary N) is 1. The maximum atomic E-state index is 13.1. The highest BCUT2D eigenvalue weighted by Gasteiger charge is 2.32. The van der Waals surface area contributed by atoms with Gasteiger partial charge in [0, 0.05) is 39.5 Å². The van der Waals surface area contributed by atoms with Gasteiger partial charge in [0.15, 0.2) is 17.2 Å². The van der Waals surface area contributed by atoms with Crippen molar-refractivity contribution in [2.75, 3.05) is 6.54 Å². The summed E-state index contributed by atoms with van der Waals surface area (Å²) in [5.41, 5.74) is 1.89. The van der Waals surface area contributed by atoms with Crippen molar-refractivity contribution in [3.05, 3.63) is 82.9 Å². The number of amides is 3. The molecule has 0 fully saturated rings. The van der Waals surface area contributed by atoms with E-state index >= 15 is 0 Å². The first kappa shape index (κ1) is 35.7. The fraction of sp³-hybridized carbons (Fsp3) is 0.432. The third kappa shape index (κ3) is 11.3. The second-order valence-electron chi connectivity index (χ2n) is 12.0. The average Bonchev–Trinajstić information content (AvgIpc) is 3.33. The summed E-state index contributed by atoms with van der Waals surface area (Å²) in [7, 11) is 0. The molecule has 254 valence electrons. The Kier molecular flexibility index (Phi) is 13.6. The third-order valence-electron chi connectivity index (χ3n) is 7.96. The van der Waals surface area contributed by atoms with Crippen LogP contribution in [0.2, 0.25) is 0 Å². The van der Waals surface area contributed by atoms with Crippen LogP contribution in [0.25, 0.3) is 4.85 Å². The quantitative estimate of drug-likeness (QED) is 0.0912. The van der Waals surface area contributed by atoms with Crippen LogP contribution in [0.4, 0.5) is 5.69 Å². The van der Waals surface area contributed by atoms with E-state index in [9.17, 15) is 28.8 Å². The lowest BCUT2D eigenvalue weighted by molar-refractivity contribution is -0.144. The van der Waals surface area contributed by atoms with Crippen LogP contribution in [0.1, 0.15) is 78.7 Å². The molecule has 2 aromatic rings. The molecule has 0 aromatic heterocycles. The van der Waals surface area contributed by atoms with Crippen molar-refractivity contribution in [3.8, 4) is 5.75 Å². The Bertz CT molecular complexity index is 1590. The molecule has 0 saturated heterocycles. The summed E-state index contributed by atoms with van der Waals surface area (Å²) in [5.74, 6) is -2.72. The van der Waals surface area contributed by atoms with Gasteiger partial charge in [0.1, 0.15) is 18.1 Å². The van der Waals surface area contributed by atoms with Crippen LogP contribution in [-0.4, -0.2) is 52.7 Å². The molecule has 2 aromatic carbocycles. The van der Waals surface area contributed by atoms with E-state index in [1.807, 2.05) is 13.8 Å². The molecule has 0 spiro atoms. The molecule has 1 heterocycles. The van der Waals surface area contributed by atoms with Crippen LogP contribution in [0.15, 0.2) is 60.4 Å². The van der Waals surface area contributed by atoms with E-state index in [1.165, 1.54) is 6.92 Å². The lowest BCUT2D eigenvalue weighted by atomic mass is 9.88. The van der Waals surface area contributed by atoms with Gasteiger partial charge in [0.05, 0.1) is 18.7 Å². The van der Waals surface area contributed by atoms with Gasteiger partial charge >= 0.3 is 5.97 Å². The van der Waals surface area contributed by atoms with Crippen molar-refractivity contribution < 1.29 is 39.6 Å². The van der Waals surface area contributed by atoms with Crippen LogP contribution in [0.5, 0.6) is 5.75 Å². The van der Waals surface area contributed by atoms with Gasteiger partial charge in [-0.3, -0.25) is 33.7 Å². The molecule has 1 N–H and O–H groups in total. The number of esters is 1. The zero-order valence-electron chi connectivity index (χ0n) is 28.8. The number of ketones is 2. The molecule has 1 unspecified atom stereocenters. The fourth-order valence-corrected chi connectivity index (χ4v) is 4.98. The zero-order valence-corrected chi connectivity index (χ0v) is 27.8. The van der Waals surface area contributed by atoms with E-state index in [-0.39, 0.29) is 61.6 Å². The molecule has 0 saturated carbocycles. The van der Waals surface area contributed by atoms with Crippen molar-refractivity contribution in [2.24, 2.45) is 11.8 Å². The van der Waals surface area contributed by atoms with Gasteiger partial charge in [-0.15, -0.1) is 0 Å². The summed E-state index contributed by atoms with van der Waals surface area (Å²) in [6, 6.07) is 12.4. The first-order valence-corrected chi connectivity index (χ1v) is 16.0. The van der Waals surface area contributed by atoms with Gasteiger partial charge in [0.2, 0.25) is 5.91 Å². The Morgan fingerprint density at radius 3 is 2.25 bits per heavy atom. The van der Waals surface area contributed by atoms with Crippen LogP contribution in [0.3, 0.4) is 0 Å². The lowest BCUT2D eigenvalue weighted by Gasteiger charge is -2.22. The summed E-state index contributed by atoms with van der Waals surface area (Å²) in [5, 5.41) is 2.77. The molecule has 3 rings (SSSR count). The number of ether oxygens (including phenoxy) is 2. The molecule has 0 radical (unpaired) electrons. The summed E-state index contributed by atoms with van der Waals surface area (Å²) in [6.45, 7) is 14.0. The largest absolute Gasteiger partial charge is 0.461 e. The number of carbonyl (C=O) groups is 6. The molecular weight excluding hydrogens is 614 g/mol. The smallest absolute Gasteiger partial charge is 0.305 e. The molecule has 0 aliphatic carbocycles. The predicted molar refractivity (Wildman–Crippen MR) is 177 cm³/mol. The first-order valence-electron chi connectivity index (χ1n) is 16.6. The van der Waals surface area contributed by atoms with E-state index in [0.29, 0.717) is 30.7 Å². The number of nitrogens with zero attached hydrogens (tertiary/aromatic N) is 2. The SMILES string of the molecule is [3H]C(C)C(=O)OCc1ccc(CC(=O)[C@H](C)NC(=O)[C@@H](CC(=O)CCCCCN2C(=O)C=C(Oc3ccc([N+]#[C-])cc3)C2=O)C(C)C)cc1. The number of carbonyl (C=O) groups excluding carboxylic acids is 6.